The first-order valence-corrected chi connectivity index (χ1v) is 11.1. The summed E-state index contributed by atoms with van der Waals surface area (Å²) in [7, 11) is 0. The Morgan fingerprint density at radius 2 is 2.10 bits per heavy atom. The molecule has 10 heteroatoms. The van der Waals surface area contributed by atoms with Crippen LogP contribution in [0, 0.1) is 6.92 Å². The van der Waals surface area contributed by atoms with Crippen molar-refractivity contribution in [2.75, 3.05) is 23.6 Å². The van der Waals surface area contributed by atoms with Crippen LogP contribution < -0.4 is 10.6 Å². The van der Waals surface area contributed by atoms with Crippen molar-refractivity contribution in [1.82, 2.24) is 15.2 Å². The molecule has 0 aliphatic carbocycles. The van der Waals surface area contributed by atoms with Crippen LogP contribution in [-0.2, 0) is 16.1 Å². The molecule has 3 amide bonds. The second-order valence-electron chi connectivity index (χ2n) is 6.26. The number of urea groups is 1. The number of thioether (sulfide) groups is 1. The molecule has 0 bridgehead atoms. The number of anilines is 1. The topological polar surface area (TPSA) is 101 Å². The van der Waals surface area contributed by atoms with E-state index < -0.39 is 18.0 Å². The molecule has 29 heavy (non-hydrogen) atoms. The second kappa shape index (κ2) is 9.75. The van der Waals surface area contributed by atoms with Crippen LogP contribution in [0.4, 0.5) is 10.5 Å². The lowest BCUT2D eigenvalue weighted by molar-refractivity contribution is -0.124. The van der Waals surface area contributed by atoms with E-state index in [9.17, 15) is 14.4 Å². The van der Waals surface area contributed by atoms with Crippen LogP contribution >= 0.6 is 23.1 Å². The number of ether oxygens (including phenoxy) is 1. The first kappa shape index (κ1) is 21.1. The number of thiazole rings is 1. The van der Waals surface area contributed by atoms with E-state index in [1.807, 2.05) is 12.3 Å². The number of esters is 1. The van der Waals surface area contributed by atoms with Crippen molar-refractivity contribution in [3.05, 3.63) is 45.9 Å². The molecule has 1 aromatic carbocycles. The maximum Gasteiger partial charge on any atom is 0.340 e. The molecule has 0 spiro atoms. The van der Waals surface area contributed by atoms with Gasteiger partial charge in [-0.1, -0.05) is 12.1 Å². The Balaban J connectivity index is 1.64. The fourth-order valence-electron chi connectivity index (χ4n) is 2.81. The molecule has 2 heterocycles. The maximum atomic E-state index is 12.8. The van der Waals surface area contributed by atoms with E-state index in [0.29, 0.717) is 23.9 Å². The third-order valence-corrected chi connectivity index (χ3v) is 6.05. The van der Waals surface area contributed by atoms with E-state index >= 15 is 0 Å². The Morgan fingerprint density at radius 1 is 1.31 bits per heavy atom. The van der Waals surface area contributed by atoms with Gasteiger partial charge < -0.3 is 20.3 Å². The smallest absolute Gasteiger partial charge is 0.340 e. The van der Waals surface area contributed by atoms with Gasteiger partial charge in [-0.25, -0.2) is 14.6 Å². The van der Waals surface area contributed by atoms with Crippen LogP contribution in [0.15, 0.2) is 29.6 Å². The Bertz CT molecular complexity index is 902. The Hall–Kier alpha value is -2.59. The quantitative estimate of drug-likeness (QED) is 0.678. The van der Waals surface area contributed by atoms with Gasteiger partial charge in [0, 0.05) is 11.1 Å². The molecule has 2 aromatic rings. The molecular formula is C19H22N4O4S2. The minimum absolute atomic E-state index is 0.227. The molecule has 2 N–H and O–H groups in total. The summed E-state index contributed by atoms with van der Waals surface area (Å²) in [6.45, 7) is 4.19. The molecule has 1 atom stereocenters. The molecule has 154 valence electrons. The van der Waals surface area contributed by atoms with Gasteiger partial charge >= 0.3 is 12.0 Å². The molecule has 0 saturated carbocycles. The standard InChI is InChI=1S/C19H22N4O4S2/c1-3-27-18(25)14-6-4-5-7-15(14)22-19(26)23-11-28-10-16(23)17(24)20-8-13-9-29-12(2)21-13/h4-7,9,16H,3,8,10-11H2,1-2H3,(H,20,24)(H,22,26)/t16-/m1/s1. The molecule has 3 rings (SSSR count). The predicted molar refractivity (Wildman–Crippen MR) is 113 cm³/mol. The van der Waals surface area contributed by atoms with Gasteiger partial charge in [-0.05, 0) is 26.0 Å². The van der Waals surface area contributed by atoms with Crippen LogP contribution in [0.1, 0.15) is 28.0 Å². The van der Waals surface area contributed by atoms with Gasteiger partial charge in [0.1, 0.15) is 6.04 Å². The van der Waals surface area contributed by atoms with Crippen molar-refractivity contribution in [2.24, 2.45) is 0 Å². The van der Waals surface area contributed by atoms with Gasteiger partial charge in [0.2, 0.25) is 5.91 Å². The summed E-state index contributed by atoms with van der Waals surface area (Å²) >= 11 is 3.02. The van der Waals surface area contributed by atoms with Crippen molar-refractivity contribution in [3.63, 3.8) is 0 Å². The number of carbonyl (C=O) groups is 3. The van der Waals surface area contributed by atoms with E-state index in [-0.39, 0.29) is 18.1 Å². The van der Waals surface area contributed by atoms with Crippen LogP contribution in [0.3, 0.4) is 0 Å². The number of rotatable bonds is 6. The molecular weight excluding hydrogens is 412 g/mol. The molecule has 0 radical (unpaired) electrons. The summed E-state index contributed by atoms with van der Waals surface area (Å²) in [6.07, 6.45) is 0. The maximum absolute atomic E-state index is 12.8. The average Bonchev–Trinajstić information content (AvgIpc) is 3.36. The average molecular weight is 435 g/mol. The summed E-state index contributed by atoms with van der Waals surface area (Å²) in [6, 6.07) is 5.62. The number of para-hydroxylation sites is 1. The molecule has 1 aliphatic heterocycles. The Kier molecular flexibility index (Phi) is 7.10. The van der Waals surface area contributed by atoms with Gasteiger partial charge in [-0.15, -0.1) is 23.1 Å². The van der Waals surface area contributed by atoms with E-state index in [4.69, 9.17) is 4.74 Å². The SMILES string of the molecule is CCOC(=O)c1ccccc1NC(=O)N1CSC[C@@H]1C(=O)NCc1csc(C)n1. The Morgan fingerprint density at radius 3 is 2.83 bits per heavy atom. The molecule has 1 aliphatic rings. The molecule has 8 nitrogen and oxygen atoms in total. The summed E-state index contributed by atoms with van der Waals surface area (Å²) in [5.74, 6) is 0.164. The molecule has 1 fully saturated rings. The molecule has 1 aromatic heterocycles. The van der Waals surface area contributed by atoms with Crippen molar-refractivity contribution in [1.29, 1.82) is 0 Å². The predicted octanol–water partition coefficient (Wildman–Crippen LogP) is 2.85. The van der Waals surface area contributed by atoms with Crippen LogP contribution in [0.25, 0.3) is 0 Å². The summed E-state index contributed by atoms with van der Waals surface area (Å²) in [5, 5.41) is 8.42. The molecule has 1 saturated heterocycles. The van der Waals surface area contributed by atoms with E-state index in [1.165, 1.54) is 28.0 Å². The zero-order chi connectivity index (χ0) is 20.8. The van der Waals surface area contributed by atoms with Crippen molar-refractivity contribution in [2.45, 2.75) is 26.4 Å². The number of hydrogen-bond acceptors (Lipinski definition) is 7. The zero-order valence-electron chi connectivity index (χ0n) is 16.1. The van der Waals surface area contributed by atoms with Gasteiger partial charge in [0.15, 0.2) is 0 Å². The fraction of sp³-hybridized carbons (Fsp3) is 0.368. The summed E-state index contributed by atoms with van der Waals surface area (Å²) in [4.78, 5) is 43.3. The third kappa shape index (κ3) is 5.27. The third-order valence-electron chi connectivity index (χ3n) is 4.22. The largest absolute Gasteiger partial charge is 0.462 e. The van der Waals surface area contributed by atoms with Crippen molar-refractivity contribution in [3.8, 4) is 0 Å². The Labute approximate surface area is 177 Å². The lowest BCUT2D eigenvalue weighted by Gasteiger charge is -2.23. The van der Waals surface area contributed by atoms with Crippen LogP contribution in [-0.4, -0.2) is 52.1 Å². The van der Waals surface area contributed by atoms with Crippen LogP contribution in [0.5, 0.6) is 0 Å². The van der Waals surface area contributed by atoms with Gasteiger partial charge in [0.05, 0.1) is 41.0 Å². The fourth-order valence-corrected chi connectivity index (χ4v) is 4.58. The number of aromatic nitrogens is 1. The van der Waals surface area contributed by atoms with E-state index in [1.54, 1.807) is 31.2 Å². The number of amides is 3. The number of nitrogens with zero attached hydrogens (tertiary/aromatic N) is 2. The highest BCUT2D eigenvalue weighted by atomic mass is 32.2. The minimum Gasteiger partial charge on any atom is -0.462 e. The van der Waals surface area contributed by atoms with Gasteiger partial charge in [-0.3, -0.25) is 4.79 Å². The highest BCUT2D eigenvalue weighted by molar-refractivity contribution is 7.99. The number of hydrogen-bond donors (Lipinski definition) is 2. The number of carbonyl (C=O) groups excluding carboxylic acids is 3. The highest BCUT2D eigenvalue weighted by Gasteiger charge is 2.35. The second-order valence-corrected chi connectivity index (χ2v) is 8.32. The highest BCUT2D eigenvalue weighted by Crippen LogP contribution is 2.24. The first-order valence-electron chi connectivity index (χ1n) is 9.09. The van der Waals surface area contributed by atoms with E-state index in [2.05, 4.69) is 15.6 Å². The van der Waals surface area contributed by atoms with Crippen molar-refractivity contribution < 1.29 is 19.1 Å². The summed E-state index contributed by atoms with van der Waals surface area (Å²) in [5.41, 5.74) is 1.42. The first-order chi connectivity index (χ1) is 14.0. The van der Waals surface area contributed by atoms with Crippen LogP contribution in [0.2, 0.25) is 0 Å². The minimum atomic E-state index is -0.588. The lowest BCUT2D eigenvalue weighted by Crippen LogP contribution is -2.48. The number of aryl methyl sites for hydroxylation is 1. The summed E-state index contributed by atoms with van der Waals surface area (Å²) < 4.78 is 5.03. The number of benzene rings is 1. The van der Waals surface area contributed by atoms with Crippen molar-refractivity contribution >= 4 is 46.7 Å². The monoisotopic (exact) mass is 434 g/mol. The zero-order valence-corrected chi connectivity index (χ0v) is 17.8. The lowest BCUT2D eigenvalue weighted by atomic mass is 10.2. The van der Waals surface area contributed by atoms with E-state index in [0.717, 1.165) is 10.7 Å². The molecule has 0 unspecified atom stereocenters. The number of nitrogens with one attached hydrogen (secondary N) is 2. The van der Waals surface area contributed by atoms with Gasteiger partial charge in [0.25, 0.3) is 0 Å². The normalized spacial score (nSPS) is 15.8. The van der Waals surface area contributed by atoms with Gasteiger partial charge in [-0.2, -0.15) is 0 Å².